The summed E-state index contributed by atoms with van der Waals surface area (Å²) in [6.45, 7) is 4.44. The second-order valence-corrected chi connectivity index (χ2v) is 5.86. The third kappa shape index (κ3) is 2.38. The van der Waals surface area contributed by atoms with Gasteiger partial charge in [-0.05, 0) is 44.2 Å². The van der Waals surface area contributed by atoms with Crippen LogP contribution in [0.2, 0.25) is 0 Å². The van der Waals surface area contributed by atoms with Crippen LogP contribution in [0.3, 0.4) is 0 Å². The minimum atomic E-state index is 0.368. The molecular formula is C17H23N3. The fourth-order valence-electron chi connectivity index (χ4n) is 3.34. The van der Waals surface area contributed by atoms with E-state index >= 15 is 0 Å². The van der Waals surface area contributed by atoms with Gasteiger partial charge in [0.05, 0.1) is 6.20 Å². The summed E-state index contributed by atoms with van der Waals surface area (Å²) >= 11 is 0. The molecule has 2 aromatic rings. The highest BCUT2D eigenvalue weighted by molar-refractivity contribution is 5.30. The van der Waals surface area contributed by atoms with Crippen LogP contribution in [0.15, 0.2) is 30.5 Å². The molecule has 1 aromatic heterocycles. The molecule has 0 bridgehead atoms. The van der Waals surface area contributed by atoms with E-state index in [1.807, 2.05) is 17.9 Å². The van der Waals surface area contributed by atoms with Crippen molar-refractivity contribution >= 4 is 0 Å². The second kappa shape index (κ2) is 5.41. The molecule has 1 aromatic carbocycles. The number of hydrogen-bond donors (Lipinski definition) is 1. The van der Waals surface area contributed by atoms with Gasteiger partial charge in [-0.2, -0.15) is 5.10 Å². The Bertz CT molecular complexity index is 600. The molecule has 1 heterocycles. The van der Waals surface area contributed by atoms with Gasteiger partial charge in [-0.1, -0.05) is 24.3 Å². The van der Waals surface area contributed by atoms with Gasteiger partial charge >= 0.3 is 0 Å². The molecular weight excluding hydrogens is 246 g/mol. The van der Waals surface area contributed by atoms with Crippen LogP contribution in [-0.2, 0) is 13.5 Å². The van der Waals surface area contributed by atoms with E-state index in [0.717, 1.165) is 6.42 Å². The smallest absolute Gasteiger partial charge is 0.0540 e. The number of aromatic nitrogens is 2. The van der Waals surface area contributed by atoms with E-state index in [1.54, 1.807) is 0 Å². The van der Waals surface area contributed by atoms with E-state index < -0.39 is 0 Å². The Hall–Kier alpha value is -1.61. The Morgan fingerprint density at radius 3 is 2.95 bits per heavy atom. The Morgan fingerprint density at radius 2 is 2.15 bits per heavy atom. The minimum absolute atomic E-state index is 0.368. The SMILES string of the molecule is Cc1ccccc1[C@H](C)NC1CCCc2c1cnn2C. The number of fused-ring (bicyclic) bond motifs is 1. The molecule has 1 aliphatic rings. The maximum absolute atomic E-state index is 4.42. The molecule has 1 N–H and O–H groups in total. The molecule has 106 valence electrons. The molecule has 0 saturated heterocycles. The number of aryl methyl sites for hydroxylation is 2. The first kappa shape index (κ1) is 13.4. The fourth-order valence-corrected chi connectivity index (χ4v) is 3.34. The molecule has 2 atom stereocenters. The van der Waals surface area contributed by atoms with Crippen molar-refractivity contribution < 1.29 is 0 Å². The topological polar surface area (TPSA) is 29.9 Å². The lowest BCUT2D eigenvalue weighted by molar-refractivity contribution is 0.410. The molecule has 3 rings (SSSR count). The second-order valence-electron chi connectivity index (χ2n) is 5.86. The zero-order valence-electron chi connectivity index (χ0n) is 12.6. The van der Waals surface area contributed by atoms with Gasteiger partial charge in [0.15, 0.2) is 0 Å². The van der Waals surface area contributed by atoms with E-state index in [4.69, 9.17) is 0 Å². The van der Waals surface area contributed by atoms with Crippen molar-refractivity contribution in [3.63, 3.8) is 0 Å². The lowest BCUT2D eigenvalue weighted by Gasteiger charge is -2.28. The lowest BCUT2D eigenvalue weighted by atomic mass is 9.91. The van der Waals surface area contributed by atoms with Crippen LogP contribution in [0.4, 0.5) is 0 Å². The summed E-state index contributed by atoms with van der Waals surface area (Å²) in [4.78, 5) is 0. The highest BCUT2D eigenvalue weighted by Gasteiger charge is 2.24. The molecule has 0 aliphatic heterocycles. The molecule has 0 saturated carbocycles. The van der Waals surface area contributed by atoms with Crippen molar-refractivity contribution in [2.24, 2.45) is 7.05 Å². The summed E-state index contributed by atoms with van der Waals surface area (Å²) in [7, 11) is 2.05. The maximum atomic E-state index is 4.42. The van der Waals surface area contributed by atoms with Crippen LogP contribution in [-0.4, -0.2) is 9.78 Å². The Balaban J connectivity index is 1.81. The largest absolute Gasteiger partial charge is 0.303 e. The Morgan fingerprint density at radius 1 is 1.35 bits per heavy atom. The van der Waals surface area contributed by atoms with Crippen molar-refractivity contribution in [3.05, 3.63) is 52.8 Å². The normalized spacial score (nSPS) is 19.6. The zero-order chi connectivity index (χ0) is 14.1. The summed E-state index contributed by atoms with van der Waals surface area (Å²) in [5.74, 6) is 0. The molecule has 0 radical (unpaired) electrons. The summed E-state index contributed by atoms with van der Waals surface area (Å²) in [5.41, 5.74) is 5.53. The van der Waals surface area contributed by atoms with Gasteiger partial charge < -0.3 is 5.32 Å². The van der Waals surface area contributed by atoms with E-state index in [9.17, 15) is 0 Å². The van der Waals surface area contributed by atoms with Crippen LogP contribution in [0.5, 0.6) is 0 Å². The van der Waals surface area contributed by atoms with Crippen molar-refractivity contribution in [1.29, 1.82) is 0 Å². The number of nitrogens with zero attached hydrogens (tertiary/aromatic N) is 2. The van der Waals surface area contributed by atoms with Crippen LogP contribution >= 0.6 is 0 Å². The molecule has 0 amide bonds. The molecule has 1 aliphatic carbocycles. The van der Waals surface area contributed by atoms with E-state index in [-0.39, 0.29) is 0 Å². The monoisotopic (exact) mass is 269 g/mol. The van der Waals surface area contributed by atoms with Gasteiger partial charge in [-0.25, -0.2) is 0 Å². The van der Waals surface area contributed by atoms with E-state index in [2.05, 4.69) is 48.5 Å². The van der Waals surface area contributed by atoms with E-state index in [0.29, 0.717) is 12.1 Å². The number of hydrogen-bond acceptors (Lipinski definition) is 2. The molecule has 1 unspecified atom stereocenters. The standard InChI is InChI=1S/C17H23N3/c1-12-7-4-5-8-14(12)13(2)19-16-9-6-10-17-15(16)11-18-20(17)3/h4-5,7-8,11,13,16,19H,6,9-10H2,1-3H3/t13-,16?/m0/s1. The molecule has 3 heteroatoms. The zero-order valence-corrected chi connectivity index (χ0v) is 12.6. The van der Waals surface area contributed by atoms with Gasteiger partial charge in [0.2, 0.25) is 0 Å². The predicted octanol–water partition coefficient (Wildman–Crippen LogP) is 3.46. The molecule has 20 heavy (non-hydrogen) atoms. The number of benzene rings is 1. The highest BCUT2D eigenvalue weighted by atomic mass is 15.3. The van der Waals surface area contributed by atoms with Gasteiger partial charge in [0.1, 0.15) is 0 Å². The predicted molar refractivity (Wildman–Crippen MR) is 81.6 cm³/mol. The van der Waals surface area contributed by atoms with Crippen molar-refractivity contribution in [2.75, 3.05) is 0 Å². The molecule has 0 fully saturated rings. The van der Waals surface area contributed by atoms with Gasteiger partial charge in [-0.15, -0.1) is 0 Å². The van der Waals surface area contributed by atoms with Crippen molar-refractivity contribution in [1.82, 2.24) is 15.1 Å². The van der Waals surface area contributed by atoms with Gasteiger partial charge in [0, 0.05) is 30.4 Å². The summed E-state index contributed by atoms with van der Waals surface area (Å²) in [6, 6.07) is 9.43. The van der Waals surface area contributed by atoms with Crippen LogP contribution in [0.1, 0.15) is 54.2 Å². The Kier molecular flexibility index (Phi) is 3.62. The average molecular weight is 269 g/mol. The van der Waals surface area contributed by atoms with Crippen LogP contribution in [0, 0.1) is 6.92 Å². The minimum Gasteiger partial charge on any atom is -0.303 e. The summed E-state index contributed by atoms with van der Waals surface area (Å²) in [5, 5.41) is 8.21. The van der Waals surface area contributed by atoms with Crippen LogP contribution in [0.25, 0.3) is 0 Å². The van der Waals surface area contributed by atoms with Crippen LogP contribution < -0.4 is 5.32 Å². The van der Waals surface area contributed by atoms with Crippen molar-refractivity contribution in [2.45, 2.75) is 45.2 Å². The third-order valence-corrected chi connectivity index (χ3v) is 4.48. The highest BCUT2D eigenvalue weighted by Crippen LogP contribution is 2.31. The molecule has 0 spiro atoms. The average Bonchev–Trinajstić information content (AvgIpc) is 2.82. The number of rotatable bonds is 3. The quantitative estimate of drug-likeness (QED) is 0.925. The summed E-state index contributed by atoms with van der Waals surface area (Å²) in [6.07, 6.45) is 5.64. The maximum Gasteiger partial charge on any atom is 0.0540 e. The first-order valence-corrected chi connectivity index (χ1v) is 7.49. The van der Waals surface area contributed by atoms with Gasteiger partial charge in [0.25, 0.3) is 0 Å². The summed E-state index contributed by atoms with van der Waals surface area (Å²) < 4.78 is 2.03. The Labute approximate surface area is 121 Å². The lowest BCUT2D eigenvalue weighted by Crippen LogP contribution is -2.28. The third-order valence-electron chi connectivity index (χ3n) is 4.48. The van der Waals surface area contributed by atoms with Gasteiger partial charge in [-0.3, -0.25) is 4.68 Å². The first-order valence-electron chi connectivity index (χ1n) is 7.49. The fraction of sp³-hybridized carbons (Fsp3) is 0.471. The first-order chi connectivity index (χ1) is 9.66. The van der Waals surface area contributed by atoms with E-state index in [1.165, 1.54) is 35.2 Å². The molecule has 3 nitrogen and oxygen atoms in total. The van der Waals surface area contributed by atoms with Crippen molar-refractivity contribution in [3.8, 4) is 0 Å². The number of nitrogens with one attached hydrogen (secondary N) is 1.